The van der Waals surface area contributed by atoms with Crippen LogP contribution in [0.3, 0.4) is 0 Å². The molecule has 0 aromatic carbocycles. The van der Waals surface area contributed by atoms with E-state index in [4.69, 9.17) is 4.74 Å². The first-order valence-corrected chi connectivity index (χ1v) is 3.21. The van der Waals surface area contributed by atoms with E-state index in [1.807, 2.05) is 33.9 Å². The summed E-state index contributed by atoms with van der Waals surface area (Å²) in [7, 11) is 1.84. The molecule has 0 aliphatic carbocycles. The average Bonchev–Trinajstić information content (AvgIpc) is 1.82. The molecule has 0 rings (SSSR count). The molecule has 2 nitrogen and oxygen atoms in total. The fourth-order valence-electron chi connectivity index (χ4n) is 0.525. The zero-order valence-corrected chi connectivity index (χ0v) is 6.56. The highest BCUT2D eigenvalue weighted by molar-refractivity contribution is 4.85. The van der Waals surface area contributed by atoms with Crippen LogP contribution < -0.4 is 5.32 Å². The van der Waals surface area contributed by atoms with E-state index >= 15 is 0 Å². The van der Waals surface area contributed by atoms with Gasteiger partial charge in [0.2, 0.25) is 0 Å². The standard InChI is InChI=1S/C7H15NO/c1-5-7(8-4)9-6(2)3/h5-6,8H,1-4H3/b7-5+. The second-order valence-corrected chi connectivity index (χ2v) is 2.07. The molecule has 0 saturated heterocycles. The molecule has 0 aliphatic rings. The van der Waals surface area contributed by atoms with E-state index in [2.05, 4.69) is 5.32 Å². The number of hydrogen-bond donors (Lipinski definition) is 1. The molecule has 0 aromatic heterocycles. The summed E-state index contributed by atoms with van der Waals surface area (Å²) in [4.78, 5) is 0. The first-order valence-electron chi connectivity index (χ1n) is 3.21. The molecule has 9 heavy (non-hydrogen) atoms. The molecule has 0 radical (unpaired) electrons. The van der Waals surface area contributed by atoms with Gasteiger partial charge in [-0.3, -0.25) is 0 Å². The summed E-state index contributed by atoms with van der Waals surface area (Å²) >= 11 is 0. The van der Waals surface area contributed by atoms with E-state index < -0.39 is 0 Å². The quantitative estimate of drug-likeness (QED) is 0.583. The SMILES string of the molecule is C/C=C(\NC)OC(C)C. The largest absolute Gasteiger partial charge is 0.477 e. The molecule has 0 bridgehead atoms. The topological polar surface area (TPSA) is 21.3 Å². The summed E-state index contributed by atoms with van der Waals surface area (Å²) in [5.41, 5.74) is 0. The third-order valence-electron chi connectivity index (χ3n) is 0.871. The molecule has 0 unspecified atom stereocenters. The minimum absolute atomic E-state index is 0.253. The van der Waals surface area contributed by atoms with Crippen molar-refractivity contribution in [2.75, 3.05) is 7.05 Å². The predicted molar refractivity (Wildman–Crippen MR) is 39.0 cm³/mol. The monoisotopic (exact) mass is 129 g/mol. The molecular formula is C7H15NO. The van der Waals surface area contributed by atoms with Crippen molar-refractivity contribution in [1.29, 1.82) is 0 Å². The Balaban J connectivity index is 3.58. The van der Waals surface area contributed by atoms with Crippen LogP contribution >= 0.6 is 0 Å². The Hall–Kier alpha value is -0.660. The average molecular weight is 129 g/mol. The van der Waals surface area contributed by atoms with E-state index in [1.165, 1.54) is 0 Å². The third-order valence-corrected chi connectivity index (χ3v) is 0.871. The van der Waals surface area contributed by atoms with Gasteiger partial charge >= 0.3 is 0 Å². The number of hydrogen-bond acceptors (Lipinski definition) is 2. The smallest absolute Gasteiger partial charge is 0.182 e. The Morgan fingerprint density at radius 3 is 2.22 bits per heavy atom. The zero-order chi connectivity index (χ0) is 7.28. The maximum atomic E-state index is 5.30. The Bertz CT molecular complexity index is 97.1. The van der Waals surface area contributed by atoms with Crippen LogP contribution in [0.1, 0.15) is 20.8 Å². The molecule has 0 amide bonds. The molecule has 1 N–H and O–H groups in total. The lowest BCUT2D eigenvalue weighted by atomic mass is 10.5. The highest BCUT2D eigenvalue weighted by Gasteiger charge is 1.94. The van der Waals surface area contributed by atoms with Crippen molar-refractivity contribution in [3.8, 4) is 0 Å². The van der Waals surface area contributed by atoms with Crippen molar-refractivity contribution >= 4 is 0 Å². The van der Waals surface area contributed by atoms with Gasteiger partial charge in [0.15, 0.2) is 5.88 Å². The highest BCUT2D eigenvalue weighted by Crippen LogP contribution is 1.96. The lowest BCUT2D eigenvalue weighted by Crippen LogP contribution is -2.13. The fourth-order valence-corrected chi connectivity index (χ4v) is 0.525. The van der Waals surface area contributed by atoms with Crippen LogP contribution in [0.5, 0.6) is 0 Å². The minimum Gasteiger partial charge on any atom is -0.477 e. The van der Waals surface area contributed by atoms with Crippen molar-refractivity contribution in [3.63, 3.8) is 0 Å². The Morgan fingerprint density at radius 2 is 2.11 bits per heavy atom. The van der Waals surface area contributed by atoms with Gasteiger partial charge in [-0.15, -0.1) is 0 Å². The third kappa shape index (κ3) is 3.88. The van der Waals surface area contributed by atoms with Crippen molar-refractivity contribution in [2.24, 2.45) is 0 Å². The van der Waals surface area contributed by atoms with Gasteiger partial charge in [-0.05, 0) is 26.8 Å². The maximum Gasteiger partial charge on any atom is 0.182 e. The summed E-state index contributed by atoms with van der Waals surface area (Å²) in [6.07, 6.45) is 2.16. The molecule has 2 heteroatoms. The van der Waals surface area contributed by atoms with Crippen LogP contribution in [0, 0.1) is 0 Å². The Morgan fingerprint density at radius 1 is 1.56 bits per heavy atom. The Kier molecular flexibility index (Phi) is 3.93. The van der Waals surface area contributed by atoms with Crippen LogP contribution in [-0.4, -0.2) is 13.2 Å². The second-order valence-electron chi connectivity index (χ2n) is 2.07. The summed E-state index contributed by atoms with van der Waals surface area (Å²) in [6.45, 7) is 5.94. The lowest BCUT2D eigenvalue weighted by Gasteiger charge is -2.11. The first kappa shape index (κ1) is 8.34. The van der Waals surface area contributed by atoms with Gasteiger partial charge in [-0.25, -0.2) is 0 Å². The zero-order valence-electron chi connectivity index (χ0n) is 6.56. The summed E-state index contributed by atoms with van der Waals surface area (Å²) < 4.78 is 5.30. The molecular weight excluding hydrogens is 114 g/mol. The van der Waals surface area contributed by atoms with Gasteiger partial charge in [0, 0.05) is 7.05 Å². The van der Waals surface area contributed by atoms with Crippen LogP contribution in [0.25, 0.3) is 0 Å². The summed E-state index contributed by atoms with van der Waals surface area (Å²) in [5.74, 6) is 0.838. The van der Waals surface area contributed by atoms with E-state index in [0.29, 0.717) is 0 Å². The molecule has 0 heterocycles. The molecule has 54 valence electrons. The van der Waals surface area contributed by atoms with Gasteiger partial charge < -0.3 is 10.1 Å². The predicted octanol–water partition coefficient (Wildman–Crippen LogP) is 1.49. The van der Waals surface area contributed by atoms with Crippen molar-refractivity contribution in [3.05, 3.63) is 12.0 Å². The fraction of sp³-hybridized carbons (Fsp3) is 0.714. The van der Waals surface area contributed by atoms with Crippen LogP contribution in [0.4, 0.5) is 0 Å². The first-order chi connectivity index (χ1) is 4.20. The molecule has 0 aromatic rings. The van der Waals surface area contributed by atoms with Gasteiger partial charge in [0.25, 0.3) is 0 Å². The maximum absolute atomic E-state index is 5.30. The van der Waals surface area contributed by atoms with Crippen LogP contribution in [0.15, 0.2) is 12.0 Å². The number of nitrogens with one attached hydrogen (secondary N) is 1. The van der Waals surface area contributed by atoms with E-state index in [-0.39, 0.29) is 6.10 Å². The molecule has 0 atom stereocenters. The van der Waals surface area contributed by atoms with Gasteiger partial charge in [-0.1, -0.05) is 0 Å². The van der Waals surface area contributed by atoms with Crippen LogP contribution in [-0.2, 0) is 4.74 Å². The van der Waals surface area contributed by atoms with Gasteiger partial charge in [0.05, 0.1) is 6.10 Å². The normalized spacial score (nSPS) is 11.9. The van der Waals surface area contributed by atoms with Crippen molar-refractivity contribution in [1.82, 2.24) is 5.32 Å². The lowest BCUT2D eigenvalue weighted by molar-refractivity contribution is 0.133. The summed E-state index contributed by atoms with van der Waals surface area (Å²) in [6, 6.07) is 0. The van der Waals surface area contributed by atoms with E-state index in [9.17, 15) is 0 Å². The van der Waals surface area contributed by atoms with E-state index in [0.717, 1.165) is 5.88 Å². The summed E-state index contributed by atoms with van der Waals surface area (Å²) in [5, 5.41) is 2.92. The molecule has 0 fully saturated rings. The molecule has 0 aliphatic heterocycles. The van der Waals surface area contributed by atoms with Gasteiger partial charge in [-0.2, -0.15) is 0 Å². The number of ether oxygens (including phenoxy) is 1. The van der Waals surface area contributed by atoms with E-state index in [1.54, 1.807) is 0 Å². The minimum atomic E-state index is 0.253. The van der Waals surface area contributed by atoms with Crippen LogP contribution in [0.2, 0.25) is 0 Å². The number of rotatable bonds is 3. The number of allylic oxidation sites excluding steroid dienone is 1. The van der Waals surface area contributed by atoms with Crippen molar-refractivity contribution in [2.45, 2.75) is 26.9 Å². The highest BCUT2D eigenvalue weighted by atomic mass is 16.5. The molecule has 0 spiro atoms. The second kappa shape index (κ2) is 4.24. The Labute approximate surface area is 56.9 Å². The van der Waals surface area contributed by atoms with Gasteiger partial charge in [0.1, 0.15) is 0 Å². The molecule has 0 saturated carbocycles. The van der Waals surface area contributed by atoms with Crippen molar-refractivity contribution < 1.29 is 4.74 Å².